The van der Waals surface area contributed by atoms with E-state index in [1.807, 2.05) is 0 Å². The summed E-state index contributed by atoms with van der Waals surface area (Å²) in [6.45, 7) is 0.744. The van der Waals surface area contributed by atoms with Gasteiger partial charge in [0.25, 0.3) is 8.05 Å². The monoisotopic (exact) mass is 212 g/mol. The van der Waals surface area contributed by atoms with Crippen LogP contribution in [0.15, 0.2) is 0 Å². The summed E-state index contributed by atoms with van der Waals surface area (Å²) >= 11 is 0. The number of nitrogens with one attached hydrogen (secondary N) is 1. The standard InChI is InChI=1S/C5H11B3N2O3P/c1-10(8-6)14(13-7)12-4-2-3-9-5-11/h5H,2-4H2,1H3,(H,9,11)/i5D. The van der Waals surface area contributed by atoms with Gasteiger partial charge < -0.3 is 14.3 Å². The maximum atomic E-state index is 10.2. The largest absolute Gasteiger partial charge is 0.397 e. The Balaban J connectivity index is 3.50. The van der Waals surface area contributed by atoms with Crippen LogP contribution >= 0.6 is 8.53 Å². The number of hydrogen-bond acceptors (Lipinski definition) is 4. The molecule has 73 valence electrons. The van der Waals surface area contributed by atoms with Gasteiger partial charge in [-0.3, -0.25) is 9.38 Å². The number of carbonyl (C=O) groups excluding carboxylic acids is 1. The lowest BCUT2D eigenvalue weighted by atomic mass is 9.67. The van der Waals surface area contributed by atoms with Crippen molar-refractivity contribution in [1.82, 2.24) is 9.90 Å². The summed E-state index contributed by atoms with van der Waals surface area (Å²) in [6.07, 6.45) is -0.231. The maximum Gasteiger partial charge on any atom is 0.293 e. The molecule has 0 saturated heterocycles. The van der Waals surface area contributed by atoms with Crippen molar-refractivity contribution < 1.29 is 15.1 Å². The van der Waals surface area contributed by atoms with Crippen molar-refractivity contribution in [2.75, 3.05) is 20.2 Å². The predicted octanol–water partition coefficient (Wildman–Crippen LogP) is -0.899. The van der Waals surface area contributed by atoms with Gasteiger partial charge in [-0.1, -0.05) is 0 Å². The third-order valence-electron chi connectivity index (χ3n) is 1.28. The Morgan fingerprint density at radius 3 is 3.07 bits per heavy atom. The molecule has 0 aromatic carbocycles. The Kier molecular flexibility index (Phi) is 8.20. The molecule has 0 rings (SSSR count). The lowest BCUT2D eigenvalue weighted by Gasteiger charge is -2.24. The zero-order valence-electron chi connectivity index (χ0n) is 8.97. The summed E-state index contributed by atoms with van der Waals surface area (Å²) in [4.78, 5) is 10.2. The zero-order chi connectivity index (χ0) is 11.7. The lowest BCUT2D eigenvalue weighted by molar-refractivity contribution is -0.109. The first-order chi connectivity index (χ1) is 7.11. The summed E-state index contributed by atoms with van der Waals surface area (Å²) in [5.41, 5.74) is 0. The van der Waals surface area contributed by atoms with Crippen molar-refractivity contribution in [3.8, 4) is 0 Å². The first-order valence-corrected chi connectivity index (χ1v) is 5.07. The molecule has 14 heavy (non-hydrogen) atoms. The summed E-state index contributed by atoms with van der Waals surface area (Å²) in [7, 11) is 11.8. The minimum atomic E-state index is -1.38. The van der Waals surface area contributed by atoms with Crippen LogP contribution in [0.2, 0.25) is 0 Å². The Hall–Kier alpha value is -0.0252. The molecule has 1 atom stereocenters. The van der Waals surface area contributed by atoms with Crippen molar-refractivity contribution in [1.29, 1.82) is 0 Å². The van der Waals surface area contributed by atoms with Gasteiger partial charge in [-0.2, -0.15) is 0 Å². The second-order valence-electron chi connectivity index (χ2n) is 2.28. The first kappa shape index (κ1) is 12.0. The molecule has 0 aromatic heterocycles. The molecule has 5 nitrogen and oxygen atoms in total. The Labute approximate surface area is 90.4 Å². The molecule has 0 bridgehead atoms. The number of amides is 1. The quantitative estimate of drug-likeness (QED) is 0.245. The van der Waals surface area contributed by atoms with Gasteiger partial charge in [0.2, 0.25) is 14.9 Å². The molecule has 5 radical (unpaired) electrons. The van der Waals surface area contributed by atoms with Crippen LogP contribution in [0.1, 0.15) is 7.79 Å². The summed E-state index contributed by atoms with van der Waals surface area (Å²) < 4.78 is 17.9. The summed E-state index contributed by atoms with van der Waals surface area (Å²) in [5, 5.41) is 2.32. The molecular weight excluding hydrogens is 199 g/mol. The molecule has 0 aliphatic rings. The number of nitrogens with zero attached hydrogens (tertiary/aromatic N) is 1. The molecule has 1 unspecified atom stereocenters. The van der Waals surface area contributed by atoms with Gasteiger partial charge in [0.15, 0.2) is 7.31 Å². The molecule has 0 aromatic rings. The zero-order valence-corrected chi connectivity index (χ0v) is 8.87. The van der Waals surface area contributed by atoms with E-state index < -0.39 is 14.9 Å². The van der Waals surface area contributed by atoms with E-state index >= 15 is 0 Å². The van der Waals surface area contributed by atoms with Crippen molar-refractivity contribution in [2.24, 2.45) is 0 Å². The van der Waals surface area contributed by atoms with Gasteiger partial charge in [0.05, 0.1) is 6.61 Å². The Morgan fingerprint density at radius 2 is 2.57 bits per heavy atom. The van der Waals surface area contributed by atoms with Crippen molar-refractivity contribution in [3.63, 3.8) is 0 Å². The highest BCUT2D eigenvalue weighted by Crippen LogP contribution is 2.38. The van der Waals surface area contributed by atoms with Crippen LogP contribution in [-0.4, -0.2) is 54.3 Å². The fourth-order valence-electron chi connectivity index (χ4n) is 0.605. The van der Waals surface area contributed by atoms with Gasteiger partial charge in [-0.05, 0) is 13.5 Å². The average molecular weight is 212 g/mol. The van der Waals surface area contributed by atoms with Crippen LogP contribution < -0.4 is 5.32 Å². The molecule has 0 fully saturated rings. The fourth-order valence-corrected chi connectivity index (χ4v) is 1.39. The van der Waals surface area contributed by atoms with Crippen molar-refractivity contribution >= 4 is 38.0 Å². The van der Waals surface area contributed by atoms with Crippen LogP contribution in [-0.2, 0) is 13.8 Å². The Bertz CT molecular complexity index is 193. The van der Waals surface area contributed by atoms with E-state index in [9.17, 15) is 4.79 Å². The lowest BCUT2D eigenvalue weighted by Crippen LogP contribution is -2.20. The van der Waals surface area contributed by atoms with Gasteiger partial charge in [-0.15, -0.1) is 0 Å². The molecule has 0 aliphatic carbocycles. The average Bonchev–Trinajstić information content (AvgIpc) is 2.22. The minimum Gasteiger partial charge on any atom is -0.397 e. The molecule has 0 heterocycles. The van der Waals surface area contributed by atoms with Crippen LogP contribution in [0.25, 0.3) is 0 Å². The Morgan fingerprint density at radius 1 is 1.86 bits per heavy atom. The molecular formula is C5H11B3N2O3P. The molecule has 1 N–H and O–H groups in total. The van der Waals surface area contributed by atoms with Crippen LogP contribution in [0.5, 0.6) is 0 Å². The van der Waals surface area contributed by atoms with E-state index in [-0.39, 0.29) is 0 Å². The van der Waals surface area contributed by atoms with E-state index in [2.05, 4.69) is 9.76 Å². The predicted molar refractivity (Wildman–Crippen MR) is 57.7 cm³/mol. The van der Waals surface area contributed by atoms with E-state index in [1.54, 1.807) is 7.05 Å². The molecule has 0 aliphatic heterocycles. The van der Waals surface area contributed by atoms with Crippen LogP contribution in [0.3, 0.4) is 0 Å². The molecule has 0 spiro atoms. The normalized spacial score (nSPS) is 13.4. The number of hydrogen-bond donors (Lipinski definition) is 1. The maximum absolute atomic E-state index is 10.2. The molecule has 9 heteroatoms. The number of rotatable bonds is 8. The smallest absolute Gasteiger partial charge is 0.293 e. The third-order valence-corrected chi connectivity index (χ3v) is 2.52. The van der Waals surface area contributed by atoms with E-state index in [0.29, 0.717) is 19.6 Å². The number of carbonyl (C=O) groups is 1. The SMILES string of the molecule is [2H]C(=O)NCCCOP(O[B])N(C)[B][B]. The topological polar surface area (TPSA) is 50.8 Å². The minimum absolute atomic E-state index is 0.362. The van der Waals surface area contributed by atoms with E-state index in [0.717, 1.165) is 0 Å². The van der Waals surface area contributed by atoms with Gasteiger partial charge >= 0.3 is 0 Å². The van der Waals surface area contributed by atoms with Gasteiger partial charge in [0.1, 0.15) is 1.37 Å². The fraction of sp³-hybridized carbons (Fsp3) is 0.800. The molecule has 1 amide bonds. The van der Waals surface area contributed by atoms with Crippen LogP contribution in [0.4, 0.5) is 0 Å². The van der Waals surface area contributed by atoms with E-state index in [4.69, 9.17) is 21.7 Å². The molecule has 0 saturated carbocycles. The second kappa shape index (κ2) is 9.53. The highest BCUT2D eigenvalue weighted by atomic mass is 31.2. The van der Waals surface area contributed by atoms with Crippen molar-refractivity contribution in [2.45, 2.75) is 6.42 Å². The van der Waals surface area contributed by atoms with Crippen molar-refractivity contribution in [3.05, 3.63) is 0 Å². The summed E-state index contributed by atoms with van der Waals surface area (Å²) in [5.74, 6) is 0. The van der Waals surface area contributed by atoms with Crippen LogP contribution in [0, 0.1) is 0 Å². The van der Waals surface area contributed by atoms with Gasteiger partial charge in [0, 0.05) is 14.3 Å². The highest BCUT2D eigenvalue weighted by Gasteiger charge is 2.12. The second-order valence-corrected chi connectivity index (χ2v) is 3.86. The highest BCUT2D eigenvalue weighted by molar-refractivity contribution is 7.48. The summed E-state index contributed by atoms with van der Waals surface area (Å²) in [6, 6.07) is 0. The van der Waals surface area contributed by atoms with E-state index in [1.165, 1.54) is 11.9 Å². The first-order valence-electron chi connectivity index (χ1n) is 4.44. The third kappa shape index (κ3) is 6.43. The van der Waals surface area contributed by atoms with Gasteiger partial charge in [-0.25, -0.2) is 0 Å².